The van der Waals surface area contributed by atoms with E-state index in [0.717, 1.165) is 41.0 Å². The van der Waals surface area contributed by atoms with Gasteiger partial charge in [0.15, 0.2) is 5.65 Å². The maximum absolute atomic E-state index is 12.1. The van der Waals surface area contributed by atoms with Crippen molar-refractivity contribution in [2.45, 2.75) is 32.7 Å². The summed E-state index contributed by atoms with van der Waals surface area (Å²) in [4.78, 5) is 23.3. The molecule has 1 N–H and O–H groups in total. The monoisotopic (exact) mass is 451 g/mol. The normalized spacial score (nSPS) is 16.0. The predicted molar refractivity (Wildman–Crippen MR) is 130 cm³/mol. The van der Waals surface area contributed by atoms with Crippen LogP contribution in [-0.4, -0.2) is 50.0 Å². The summed E-state index contributed by atoms with van der Waals surface area (Å²) in [6.45, 7) is 4.65. The first-order valence-corrected chi connectivity index (χ1v) is 11.3. The highest BCUT2D eigenvalue weighted by Crippen LogP contribution is 2.36. The standard InChI is InChI=1S/C26H25N7O/c1-16-12-19(13-17(2)28-16)24-25(21-7-5-4-6-18(21)15-27)31-33-11-9-22(30-26(24)33)29-20-8-10-32(3)23(34)14-20/h4-7,9,11-13,20H,8,10,14H2,1-3H3,(H,29,30). The molecule has 1 aliphatic rings. The molecule has 1 aromatic carbocycles. The molecule has 1 unspecified atom stereocenters. The number of pyridine rings is 1. The van der Waals surface area contributed by atoms with E-state index in [0.29, 0.717) is 29.1 Å². The number of carbonyl (C=O) groups is 1. The fraction of sp³-hybridized carbons (Fsp3) is 0.269. The molecule has 3 aromatic heterocycles. The van der Waals surface area contributed by atoms with Crippen LogP contribution in [0.4, 0.5) is 5.82 Å². The van der Waals surface area contributed by atoms with E-state index in [9.17, 15) is 10.1 Å². The van der Waals surface area contributed by atoms with Crippen molar-refractivity contribution in [1.29, 1.82) is 5.26 Å². The third-order valence-electron chi connectivity index (χ3n) is 6.17. The van der Waals surface area contributed by atoms with Gasteiger partial charge in [0.25, 0.3) is 0 Å². The van der Waals surface area contributed by atoms with Crippen molar-refractivity contribution in [3.8, 4) is 28.5 Å². The molecule has 1 saturated heterocycles. The van der Waals surface area contributed by atoms with Crippen molar-refractivity contribution in [3.63, 3.8) is 0 Å². The number of hydrogen-bond donors (Lipinski definition) is 1. The molecule has 0 saturated carbocycles. The van der Waals surface area contributed by atoms with Gasteiger partial charge >= 0.3 is 0 Å². The number of carbonyl (C=O) groups excluding carboxylic acids is 1. The zero-order chi connectivity index (χ0) is 23.8. The molecule has 1 atom stereocenters. The molecular formula is C26H25N7O. The summed E-state index contributed by atoms with van der Waals surface area (Å²) in [5.41, 5.74) is 6.27. The van der Waals surface area contributed by atoms with Gasteiger partial charge in [-0.05, 0) is 50.1 Å². The number of rotatable bonds is 4. The van der Waals surface area contributed by atoms with Crippen LogP contribution in [0.1, 0.15) is 29.8 Å². The summed E-state index contributed by atoms with van der Waals surface area (Å²) in [6.07, 6.45) is 3.17. The predicted octanol–water partition coefficient (Wildman–Crippen LogP) is 3.98. The second kappa shape index (κ2) is 8.60. The van der Waals surface area contributed by atoms with Gasteiger partial charge in [0, 0.05) is 49.2 Å². The zero-order valence-corrected chi connectivity index (χ0v) is 19.4. The van der Waals surface area contributed by atoms with E-state index >= 15 is 0 Å². The van der Waals surface area contributed by atoms with Gasteiger partial charge in [-0.15, -0.1) is 0 Å². The average molecular weight is 452 g/mol. The molecule has 5 rings (SSSR count). The minimum absolute atomic E-state index is 0.0363. The molecule has 1 amide bonds. The van der Waals surface area contributed by atoms with Crippen molar-refractivity contribution >= 4 is 17.4 Å². The maximum atomic E-state index is 12.1. The number of nitrogens with zero attached hydrogens (tertiary/aromatic N) is 6. The summed E-state index contributed by atoms with van der Waals surface area (Å²) >= 11 is 0. The van der Waals surface area contributed by atoms with E-state index in [2.05, 4.69) is 16.4 Å². The highest BCUT2D eigenvalue weighted by Gasteiger charge is 2.25. The number of benzene rings is 1. The zero-order valence-electron chi connectivity index (χ0n) is 19.4. The Balaban J connectivity index is 1.66. The Hall–Kier alpha value is -4.25. The lowest BCUT2D eigenvalue weighted by molar-refractivity contribution is -0.132. The third kappa shape index (κ3) is 3.97. The topological polar surface area (TPSA) is 99.2 Å². The first-order valence-electron chi connectivity index (χ1n) is 11.3. The number of aromatic nitrogens is 4. The van der Waals surface area contributed by atoms with E-state index in [4.69, 9.17) is 10.1 Å². The molecule has 8 nitrogen and oxygen atoms in total. The Labute approximate surface area is 197 Å². The first-order chi connectivity index (χ1) is 16.4. The minimum atomic E-state index is 0.0363. The fourth-order valence-electron chi connectivity index (χ4n) is 4.51. The lowest BCUT2D eigenvalue weighted by atomic mass is 9.97. The summed E-state index contributed by atoms with van der Waals surface area (Å²) in [5, 5.41) is 18.0. The molecule has 1 aliphatic heterocycles. The van der Waals surface area contributed by atoms with Crippen molar-refractivity contribution in [2.24, 2.45) is 0 Å². The SMILES string of the molecule is Cc1cc(-c2c(-c3ccccc3C#N)nn3ccc(NC4CCN(C)C(=O)C4)nc23)cc(C)n1. The van der Waals surface area contributed by atoms with Crippen molar-refractivity contribution in [3.05, 3.63) is 65.6 Å². The van der Waals surface area contributed by atoms with Gasteiger partial charge in [-0.3, -0.25) is 9.78 Å². The maximum Gasteiger partial charge on any atom is 0.224 e. The van der Waals surface area contributed by atoms with Crippen LogP contribution in [0.2, 0.25) is 0 Å². The van der Waals surface area contributed by atoms with Crippen LogP contribution in [0, 0.1) is 25.2 Å². The Morgan fingerprint density at radius 1 is 1.12 bits per heavy atom. The summed E-state index contributed by atoms with van der Waals surface area (Å²) < 4.78 is 1.74. The molecule has 0 aliphatic carbocycles. The van der Waals surface area contributed by atoms with Crippen LogP contribution >= 0.6 is 0 Å². The molecule has 4 aromatic rings. The van der Waals surface area contributed by atoms with Gasteiger partial charge in [0.05, 0.1) is 17.2 Å². The Kier molecular flexibility index (Phi) is 5.46. The first kappa shape index (κ1) is 21.6. The van der Waals surface area contributed by atoms with Crippen molar-refractivity contribution in [2.75, 3.05) is 18.9 Å². The Bertz CT molecular complexity index is 1430. The minimum Gasteiger partial charge on any atom is -0.367 e. The number of nitrogens with one attached hydrogen (secondary N) is 1. The van der Waals surface area contributed by atoms with E-state index in [-0.39, 0.29) is 11.9 Å². The molecule has 0 bridgehead atoms. The molecular weight excluding hydrogens is 426 g/mol. The second-order valence-corrected chi connectivity index (χ2v) is 8.75. The molecule has 34 heavy (non-hydrogen) atoms. The van der Waals surface area contributed by atoms with Crippen LogP contribution in [0.25, 0.3) is 28.0 Å². The lowest BCUT2D eigenvalue weighted by Crippen LogP contribution is -2.41. The van der Waals surface area contributed by atoms with Crippen LogP contribution in [0.3, 0.4) is 0 Å². The fourth-order valence-corrected chi connectivity index (χ4v) is 4.51. The van der Waals surface area contributed by atoms with Crippen molar-refractivity contribution in [1.82, 2.24) is 24.5 Å². The number of amides is 1. The van der Waals surface area contributed by atoms with E-state index in [1.165, 1.54) is 0 Å². The number of anilines is 1. The van der Waals surface area contributed by atoms with Crippen LogP contribution in [0.5, 0.6) is 0 Å². The molecule has 8 heteroatoms. The van der Waals surface area contributed by atoms with Crippen LogP contribution in [-0.2, 0) is 4.79 Å². The molecule has 4 heterocycles. The van der Waals surface area contributed by atoms with E-state index < -0.39 is 0 Å². The second-order valence-electron chi connectivity index (χ2n) is 8.75. The summed E-state index contributed by atoms with van der Waals surface area (Å²) in [7, 11) is 1.83. The smallest absolute Gasteiger partial charge is 0.224 e. The van der Waals surface area contributed by atoms with Gasteiger partial charge in [0.1, 0.15) is 11.5 Å². The Morgan fingerprint density at radius 3 is 2.62 bits per heavy atom. The molecule has 1 fully saturated rings. The highest BCUT2D eigenvalue weighted by atomic mass is 16.2. The quantitative estimate of drug-likeness (QED) is 0.504. The molecule has 0 spiro atoms. The van der Waals surface area contributed by atoms with Crippen molar-refractivity contribution < 1.29 is 4.79 Å². The van der Waals surface area contributed by atoms with E-state index in [1.54, 1.807) is 15.5 Å². The van der Waals surface area contributed by atoms with Gasteiger partial charge in [-0.2, -0.15) is 10.4 Å². The number of fused-ring (bicyclic) bond motifs is 1. The lowest BCUT2D eigenvalue weighted by Gasteiger charge is -2.29. The number of aryl methyl sites for hydroxylation is 2. The summed E-state index contributed by atoms with van der Waals surface area (Å²) in [5.74, 6) is 0.826. The average Bonchev–Trinajstić information content (AvgIpc) is 3.19. The number of piperidine rings is 1. The molecule has 170 valence electrons. The van der Waals surface area contributed by atoms with Gasteiger partial charge in [-0.25, -0.2) is 9.50 Å². The van der Waals surface area contributed by atoms with Gasteiger partial charge in [-0.1, -0.05) is 18.2 Å². The van der Waals surface area contributed by atoms with Gasteiger partial charge in [0.2, 0.25) is 5.91 Å². The summed E-state index contributed by atoms with van der Waals surface area (Å²) in [6, 6.07) is 15.7. The van der Waals surface area contributed by atoms with E-state index in [1.807, 2.05) is 63.5 Å². The van der Waals surface area contributed by atoms with Crippen LogP contribution < -0.4 is 5.32 Å². The largest absolute Gasteiger partial charge is 0.367 e. The number of likely N-dealkylation sites (tertiary alicyclic amines) is 1. The highest BCUT2D eigenvalue weighted by molar-refractivity contribution is 5.92. The third-order valence-corrected chi connectivity index (χ3v) is 6.17. The van der Waals surface area contributed by atoms with Crippen LogP contribution in [0.15, 0.2) is 48.7 Å². The molecule has 0 radical (unpaired) electrons. The number of nitriles is 1. The Morgan fingerprint density at radius 2 is 1.88 bits per heavy atom. The van der Waals surface area contributed by atoms with Gasteiger partial charge < -0.3 is 10.2 Å². The number of hydrogen-bond acceptors (Lipinski definition) is 6.